The zero-order valence-electron chi connectivity index (χ0n) is 16.8. The number of fused-ring (bicyclic) bond motifs is 1. The molecule has 0 saturated heterocycles. The van der Waals surface area contributed by atoms with Crippen LogP contribution in [0.25, 0.3) is 23.0 Å². The number of rotatable bonds is 6. The highest BCUT2D eigenvalue weighted by molar-refractivity contribution is 5.94. The summed E-state index contributed by atoms with van der Waals surface area (Å²) in [6.07, 6.45) is 1.71. The van der Waals surface area contributed by atoms with Crippen molar-refractivity contribution < 1.29 is 19.4 Å². The highest BCUT2D eigenvalue weighted by Gasteiger charge is 2.26. The molecule has 0 fully saturated rings. The molecule has 0 atom stereocenters. The van der Waals surface area contributed by atoms with Crippen molar-refractivity contribution in [2.75, 3.05) is 26.8 Å². The number of pyridine rings is 1. The van der Waals surface area contributed by atoms with E-state index in [9.17, 15) is 4.79 Å². The maximum Gasteiger partial charge on any atom is 0.290 e. The average Bonchev–Trinajstić information content (AvgIpc) is 3.37. The van der Waals surface area contributed by atoms with Gasteiger partial charge in [0.25, 0.3) is 12.4 Å². The van der Waals surface area contributed by atoms with Gasteiger partial charge in [-0.3, -0.25) is 19.3 Å². The maximum absolute atomic E-state index is 12.4. The molecular formula is C19H23N7O4. The molecule has 0 aliphatic carbocycles. The maximum atomic E-state index is 12.4. The fourth-order valence-corrected chi connectivity index (χ4v) is 3.00. The van der Waals surface area contributed by atoms with Crippen molar-refractivity contribution in [2.24, 2.45) is 0 Å². The lowest BCUT2D eigenvalue weighted by molar-refractivity contribution is -0.122. The molecule has 30 heavy (non-hydrogen) atoms. The summed E-state index contributed by atoms with van der Waals surface area (Å²) in [6, 6.07) is 7.39. The van der Waals surface area contributed by atoms with Gasteiger partial charge in [-0.05, 0) is 19.1 Å². The number of carbonyl (C=O) groups is 2. The quantitative estimate of drug-likeness (QED) is 0.469. The van der Waals surface area contributed by atoms with Crippen LogP contribution in [0.2, 0.25) is 0 Å². The minimum Gasteiger partial charge on any atom is -0.483 e. The van der Waals surface area contributed by atoms with E-state index in [1.165, 1.54) is 0 Å². The van der Waals surface area contributed by atoms with Gasteiger partial charge in [-0.1, -0.05) is 6.07 Å². The molecule has 3 aromatic heterocycles. The van der Waals surface area contributed by atoms with E-state index in [-0.39, 0.29) is 12.4 Å². The van der Waals surface area contributed by atoms with E-state index in [1.807, 2.05) is 25.1 Å². The second-order valence-corrected chi connectivity index (χ2v) is 6.36. The van der Waals surface area contributed by atoms with E-state index in [2.05, 4.69) is 20.2 Å². The molecule has 0 radical (unpaired) electrons. The number of amides is 1. The number of nitrogens with zero attached hydrogens (tertiary/aromatic N) is 7. The van der Waals surface area contributed by atoms with Gasteiger partial charge in [-0.15, -0.1) is 5.10 Å². The van der Waals surface area contributed by atoms with Crippen molar-refractivity contribution >= 4 is 12.4 Å². The van der Waals surface area contributed by atoms with Crippen molar-refractivity contribution in [1.29, 1.82) is 0 Å². The molecule has 0 bridgehead atoms. The molecule has 1 aliphatic rings. The van der Waals surface area contributed by atoms with Crippen LogP contribution in [-0.4, -0.2) is 78.7 Å². The van der Waals surface area contributed by atoms with Crippen LogP contribution in [0.4, 0.5) is 0 Å². The van der Waals surface area contributed by atoms with Crippen LogP contribution < -0.4 is 0 Å². The van der Waals surface area contributed by atoms with Gasteiger partial charge in [0, 0.05) is 32.5 Å². The number of hydrogen-bond acceptors (Lipinski definition) is 7. The van der Waals surface area contributed by atoms with Crippen molar-refractivity contribution in [2.45, 2.75) is 20.0 Å². The van der Waals surface area contributed by atoms with E-state index in [0.717, 1.165) is 0 Å². The van der Waals surface area contributed by atoms with Gasteiger partial charge in [-0.2, -0.15) is 5.10 Å². The Bertz CT molecular complexity index is 1000. The second kappa shape index (κ2) is 9.74. The monoisotopic (exact) mass is 413 g/mol. The molecule has 3 aromatic rings. The Kier molecular flexibility index (Phi) is 6.86. The molecule has 1 N–H and O–H groups in total. The lowest BCUT2D eigenvalue weighted by atomic mass is 10.2. The van der Waals surface area contributed by atoms with Crippen LogP contribution in [0.5, 0.6) is 0 Å². The first kappa shape index (κ1) is 21.1. The zero-order valence-corrected chi connectivity index (χ0v) is 16.8. The van der Waals surface area contributed by atoms with Gasteiger partial charge in [0.15, 0.2) is 11.6 Å². The summed E-state index contributed by atoms with van der Waals surface area (Å²) in [6.45, 7) is 4.70. The Morgan fingerprint density at radius 1 is 1.23 bits per heavy atom. The van der Waals surface area contributed by atoms with E-state index in [0.29, 0.717) is 61.6 Å². The lowest BCUT2D eigenvalue weighted by Gasteiger charge is -2.22. The molecule has 0 aromatic carbocycles. The summed E-state index contributed by atoms with van der Waals surface area (Å²) in [5, 5.41) is 16.1. The van der Waals surface area contributed by atoms with E-state index in [4.69, 9.17) is 14.6 Å². The number of carboxylic acid groups (broad SMARTS) is 1. The zero-order chi connectivity index (χ0) is 21.5. The molecule has 11 nitrogen and oxygen atoms in total. The predicted octanol–water partition coefficient (Wildman–Crippen LogP) is 1.03. The summed E-state index contributed by atoms with van der Waals surface area (Å²) in [5.74, 6) is 1.09. The molecule has 1 amide bonds. The third-order valence-electron chi connectivity index (χ3n) is 4.44. The third-order valence-corrected chi connectivity index (χ3v) is 4.44. The second-order valence-electron chi connectivity index (χ2n) is 6.36. The molecule has 158 valence electrons. The standard InChI is InChI=1S/C18H21N7O2.CH2O2/c1-3-27-11-10-25-17(20-16(22-25)13-6-4-5-7-19-13)14-12-15-18(26)23(2)8-9-24(15)21-14;2-1-3/h4-7,12H,3,8-11H2,1-2H3;1H,(H,2,3). The largest absolute Gasteiger partial charge is 0.483 e. The molecule has 4 rings (SSSR count). The first-order valence-electron chi connectivity index (χ1n) is 9.44. The van der Waals surface area contributed by atoms with E-state index < -0.39 is 0 Å². The summed E-state index contributed by atoms with van der Waals surface area (Å²) in [7, 11) is 1.79. The van der Waals surface area contributed by atoms with Gasteiger partial charge in [0.05, 0.1) is 19.7 Å². The average molecular weight is 413 g/mol. The van der Waals surface area contributed by atoms with Crippen LogP contribution in [-0.2, 0) is 22.6 Å². The van der Waals surface area contributed by atoms with Crippen LogP contribution >= 0.6 is 0 Å². The van der Waals surface area contributed by atoms with Gasteiger partial charge in [0.2, 0.25) is 0 Å². The Morgan fingerprint density at radius 2 is 2.03 bits per heavy atom. The van der Waals surface area contributed by atoms with E-state index >= 15 is 0 Å². The predicted molar refractivity (Wildman–Crippen MR) is 107 cm³/mol. The third kappa shape index (κ3) is 4.51. The van der Waals surface area contributed by atoms with Crippen molar-refractivity contribution in [3.63, 3.8) is 0 Å². The fourth-order valence-electron chi connectivity index (χ4n) is 3.00. The first-order chi connectivity index (χ1) is 14.6. The first-order valence-corrected chi connectivity index (χ1v) is 9.44. The van der Waals surface area contributed by atoms with Gasteiger partial charge >= 0.3 is 0 Å². The Morgan fingerprint density at radius 3 is 2.73 bits per heavy atom. The molecular weight excluding hydrogens is 390 g/mol. The Labute approximate surface area is 172 Å². The smallest absolute Gasteiger partial charge is 0.290 e. The van der Waals surface area contributed by atoms with Crippen LogP contribution in [0.3, 0.4) is 0 Å². The van der Waals surface area contributed by atoms with Crippen LogP contribution in [0, 0.1) is 0 Å². The molecule has 4 heterocycles. The summed E-state index contributed by atoms with van der Waals surface area (Å²) >= 11 is 0. The highest BCUT2D eigenvalue weighted by atomic mass is 16.5. The Balaban J connectivity index is 0.000000806. The fraction of sp³-hybridized carbons (Fsp3) is 0.368. The number of likely N-dealkylation sites (N-methyl/N-ethyl adjacent to an activating group) is 1. The molecule has 0 unspecified atom stereocenters. The van der Waals surface area contributed by atoms with Crippen molar-refractivity contribution in [3.05, 3.63) is 36.2 Å². The number of hydrogen-bond donors (Lipinski definition) is 1. The molecule has 11 heteroatoms. The topological polar surface area (TPSA) is 128 Å². The Hall–Kier alpha value is -3.60. The normalized spacial score (nSPS) is 12.9. The summed E-state index contributed by atoms with van der Waals surface area (Å²) in [4.78, 5) is 31.4. The van der Waals surface area contributed by atoms with Crippen molar-refractivity contribution in [1.82, 2.24) is 34.4 Å². The highest BCUT2D eigenvalue weighted by Crippen LogP contribution is 2.23. The van der Waals surface area contributed by atoms with Crippen LogP contribution in [0.15, 0.2) is 30.5 Å². The minimum atomic E-state index is -0.250. The van der Waals surface area contributed by atoms with Gasteiger partial charge < -0.3 is 14.7 Å². The molecule has 0 spiro atoms. The van der Waals surface area contributed by atoms with Crippen molar-refractivity contribution in [3.8, 4) is 23.0 Å². The van der Waals surface area contributed by atoms with E-state index in [1.54, 1.807) is 33.6 Å². The number of carbonyl (C=O) groups excluding carboxylic acids is 1. The van der Waals surface area contributed by atoms with Gasteiger partial charge in [0.1, 0.15) is 17.1 Å². The van der Waals surface area contributed by atoms with Gasteiger partial charge in [-0.25, -0.2) is 9.67 Å². The van der Waals surface area contributed by atoms with Crippen LogP contribution in [0.1, 0.15) is 17.4 Å². The number of ether oxygens (including phenoxy) is 1. The summed E-state index contributed by atoms with van der Waals surface area (Å²) in [5.41, 5.74) is 1.88. The number of aromatic nitrogens is 6. The molecule has 1 aliphatic heterocycles. The lowest BCUT2D eigenvalue weighted by Crippen LogP contribution is -2.37. The summed E-state index contributed by atoms with van der Waals surface area (Å²) < 4.78 is 8.97. The SMILES string of the molecule is CCOCCn1nc(-c2ccccn2)nc1-c1cc2n(n1)CCN(C)C2=O.O=CO. The minimum absolute atomic E-state index is 0.0367. The molecule has 0 saturated carbocycles.